The Bertz CT molecular complexity index is 1370. The van der Waals surface area contributed by atoms with Crippen LogP contribution in [0.15, 0.2) is 29.2 Å². The molecule has 9 nitrogen and oxygen atoms in total. The summed E-state index contributed by atoms with van der Waals surface area (Å²) in [5.41, 5.74) is 1.86. The molecule has 1 N–H and O–H groups in total. The standard InChI is InChI=1S/C30H43N7O2/c1-5-6-13-31-30-32-19-26-24-12-7-21(20-36-16-14-35(4)15-17-36)18-25(24)29(39)37(27(26)33-30)23-10-8-22(9-11-23)28(38)34(2)3/h7,12,18-19,22-23H,5-6,8-11,13-17,20H2,1-4H3,(H,31,32,33)/t22-,23-. The van der Waals surface area contributed by atoms with Crippen molar-refractivity contribution >= 4 is 33.7 Å². The van der Waals surface area contributed by atoms with Gasteiger partial charge in [-0.25, -0.2) is 4.98 Å². The van der Waals surface area contributed by atoms with E-state index >= 15 is 0 Å². The molecule has 1 aliphatic carbocycles. The van der Waals surface area contributed by atoms with Gasteiger partial charge in [0, 0.05) is 82.3 Å². The summed E-state index contributed by atoms with van der Waals surface area (Å²) in [5, 5.41) is 5.88. The number of benzene rings is 1. The summed E-state index contributed by atoms with van der Waals surface area (Å²) in [4.78, 5) is 42.8. The normalized spacial score (nSPS) is 20.9. The second kappa shape index (κ2) is 12.0. The number of aromatic nitrogens is 3. The number of likely N-dealkylation sites (N-methyl/N-ethyl adjacent to an activating group) is 1. The van der Waals surface area contributed by atoms with Crippen LogP contribution in [0.4, 0.5) is 5.95 Å². The summed E-state index contributed by atoms with van der Waals surface area (Å²) < 4.78 is 1.92. The molecule has 3 aromatic rings. The SMILES string of the molecule is CCCCNc1ncc2c3ccc(CN4CCN(C)CC4)cc3c(=O)n([C@H]3CC[C@H](C(=O)N(C)C)CC3)c2n1. The first kappa shape index (κ1) is 27.5. The van der Waals surface area contributed by atoms with Gasteiger partial charge in [-0.3, -0.25) is 19.1 Å². The molecule has 0 unspecified atom stereocenters. The number of piperazine rings is 1. The smallest absolute Gasteiger partial charge is 0.260 e. The van der Waals surface area contributed by atoms with Crippen LogP contribution >= 0.6 is 0 Å². The predicted molar refractivity (Wildman–Crippen MR) is 157 cm³/mol. The number of nitrogens with zero attached hydrogens (tertiary/aromatic N) is 6. The van der Waals surface area contributed by atoms with Crippen molar-refractivity contribution < 1.29 is 4.79 Å². The zero-order chi connectivity index (χ0) is 27.5. The third-order valence-electron chi connectivity index (χ3n) is 8.49. The molecule has 210 valence electrons. The number of carbonyl (C=O) groups excluding carboxylic acids is 1. The van der Waals surface area contributed by atoms with Crippen LogP contribution in [0.1, 0.15) is 57.1 Å². The van der Waals surface area contributed by atoms with Gasteiger partial charge in [0.15, 0.2) is 0 Å². The zero-order valence-corrected chi connectivity index (χ0v) is 23.9. The average molecular weight is 534 g/mol. The van der Waals surface area contributed by atoms with Crippen molar-refractivity contribution in [1.29, 1.82) is 0 Å². The Balaban J connectivity index is 1.53. The number of nitrogens with one attached hydrogen (secondary N) is 1. The van der Waals surface area contributed by atoms with Crippen LogP contribution in [-0.2, 0) is 11.3 Å². The molecule has 2 aromatic heterocycles. The molecule has 3 heterocycles. The molecule has 39 heavy (non-hydrogen) atoms. The number of fused-ring (bicyclic) bond motifs is 3. The minimum absolute atomic E-state index is 0.00953. The topological polar surface area (TPSA) is 86.6 Å². The zero-order valence-electron chi connectivity index (χ0n) is 23.9. The van der Waals surface area contributed by atoms with E-state index in [4.69, 9.17) is 4.98 Å². The summed E-state index contributed by atoms with van der Waals surface area (Å²) >= 11 is 0. The van der Waals surface area contributed by atoms with E-state index in [0.29, 0.717) is 11.6 Å². The highest BCUT2D eigenvalue weighted by Crippen LogP contribution is 2.35. The van der Waals surface area contributed by atoms with E-state index in [0.717, 1.165) is 99.5 Å². The van der Waals surface area contributed by atoms with Crippen LogP contribution in [0.5, 0.6) is 0 Å². The highest BCUT2D eigenvalue weighted by Gasteiger charge is 2.30. The van der Waals surface area contributed by atoms with Crippen LogP contribution in [-0.4, -0.2) is 89.0 Å². The van der Waals surface area contributed by atoms with Crippen molar-refractivity contribution in [2.75, 3.05) is 59.2 Å². The maximum absolute atomic E-state index is 14.2. The highest BCUT2D eigenvalue weighted by atomic mass is 16.2. The van der Waals surface area contributed by atoms with E-state index in [1.807, 2.05) is 24.9 Å². The van der Waals surface area contributed by atoms with Crippen molar-refractivity contribution in [2.45, 2.75) is 58.0 Å². The van der Waals surface area contributed by atoms with Gasteiger partial charge in [-0.05, 0) is 56.2 Å². The molecule has 2 fully saturated rings. The molecule has 0 atom stereocenters. The lowest BCUT2D eigenvalue weighted by molar-refractivity contribution is -0.134. The monoisotopic (exact) mass is 533 g/mol. The predicted octanol–water partition coefficient (Wildman–Crippen LogP) is 3.72. The van der Waals surface area contributed by atoms with Crippen molar-refractivity contribution in [1.82, 2.24) is 29.2 Å². The second-order valence-corrected chi connectivity index (χ2v) is 11.6. The molecule has 1 saturated carbocycles. The fourth-order valence-corrected chi connectivity index (χ4v) is 6.09. The number of pyridine rings is 1. The van der Waals surface area contributed by atoms with Gasteiger partial charge in [-0.15, -0.1) is 0 Å². The van der Waals surface area contributed by atoms with E-state index in [-0.39, 0.29) is 23.4 Å². The third kappa shape index (κ3) is 5.94. The van der Waals surface area contributed by atoms with E-state index < -0.39 is 0 Å². The minimum Gasteiger partial charge on any atom is -0.354 e. The van der Waals surface area contributed by atoms with Crippen LogP contribution in [0, 0.1) is 5.92 Å². The first-order valence-electron chi connectivity index (χ1n) is 14.6. The molecule has 1 amide bonds. The quantitative estimate of drug-likeness (QED) is 0.349. The lowest BCUT2D eigenvalue weighted by Gasteiger charge is -2.32. The number of carbonyl (C=O) groups is 1. The molecule has 1 aromatic carbocycles. The van der Waals surface area contributed by atoms with Gasteiger partial charge in [-0.1, -0.05) is 25.5 Å². The van der Waals surface area contributed by atoms with Crippen LogP contribution in [0.3, 0.4) is 0 Å². The number of unbranched alkanes of at least 4 members (excludes halogenated alkanes) is 1. The van der Waals surface area contributed by atoms with Gasteiger partial charge in [0.25, 0.3) is 5.56 Å². The van der Waals surface area contributed by atoms with Crippen molar-refractivity contribution in [3.63, 3.8) is 0 Å². The molecule has 0 bridgehead atoms. The van der Waals surface area contributed by atoms with Crippen LogP contribution < -0.4 is 10.9 Å². The van der Waals surface area contributed by atoms with Gasteiger partial charge >= 0.3 is 0 Å². The first-order chi connectivity index (χ1) is 18.9. The van der Waals surface area contributed by atoms with E-state index in [1.54, 1.807) is 4.90 Å². The van der Waals surface area contributed by atoms with Gasteiger partial charge in [0.1, 0.15) is 5.65 Å². The lowest BCUT2D eigenvalue weighted by atomic mass is 9.85. The maximum atomic E-state index is 14.2. The third-order valence-corrected chi connectivity index (χ3v) is 8.49. The maximum Gasteiger partial charge on any atom is 0.260 e. The molecule has 0 radical (unpaired) electrons. The summed E-state index contributed by atoms with van der Waals surface area (Å²) in [6.45, 7) is 8.00. The minimum atomic E-state index is 0.00953. The second-order valence-electron chi connectivity index (χ2n) is 11.6. The van der Waals surface area contributed by atoms with Gasteiger partial charge in [-0.2, -0.15) is 4.98 Å². The number of hydrogen-bond acceptors (Lipinski definition) is 7. The molecule has 1 saturated heterocycles. The Kier molecular flexibility index (Phi) is 8.47. The van der Waals surface area contributed by atoms with Crippen molar-refractivity contribution in [3.05, 3.63) is 40.3 Å². The molecule has 2 aliphatic rings. The summed E-state index contributed by atoms with van der Waals surface area (Å²) in [6, 6.07) is 6.32. The fourth-order valence-electron chi connectivity index (χ4n) is 6.09. The van der Waals surface area contributed by atoms with Gasteiger partial charge < -0.3 is 15.1 Å². The summed E-state index contributed by atoms with van der Waals surface area (Å²) in [6.07, 6.45) is 7.12. The molecule has 9 heteroatoms. The molecule has 0 spiro atoms. The number of hydrogen-bond donors (Lipinski definition) is 1. The molecule has 5 rings (SSSR count). The number of amides is 1. The molecule has 1 aliphatic heterocycles. The fraction of sp³-hybridized carbons (Fsp3) is 0.600. The average Bonchev–Trinajstić information content (AvgIpc) is 2.94. The van der Waals surface area contributed by atoms with E-state index in [2.05, 4.69) is 52.3 Å². The van der Waals surface area contributed by atoms with Crippen molar-refractivity contribution in [3.8, 4) is 0 Å². The number of rotatable bonds is 8. The molecular weight excluding hydrogens is 490 g/mol. The Hall–Kier alpha value is -3.04. The Morgan fingerprint density at radius 1 is 1.05 bits per heavy atom. The lowest BCUT2D eigenvalue weighted by Crippen LogP contribution is -2.43. The van der Waals surface area contributed by atoms with Gasteiger partial charge in [0.05, 0.1) is 0 Å². The van der Waals surface area contributed by atoms with E-state index in [9.17, 15) is 9.59 Å². The summed E-state index contributed by atoms with van der Waals surface area (Å²) in [7, 11) is 5.80. The van der Waals surface area contributed by atoms with Crippen LogP contribution in [0.2, 0.25) is 0 Å². The number of anilines is 1. The van der Waals surface area contributed by atoms with Gasteiger partial charge in [0.2, 0.25) is 11.9 Å². The molecular formula is C30H43N7O2. The Labute approximate surface area is 231 Å². The van der Waals surface area contributed by atoms with Crippen molar-refractivity contribution in [2.24, 2.45) is 5.92 Å². The summed E-state index contributed by atoms with van der Waals surface area (Å²) in [5.74, 6) is 0.767. The first-order valence-corrected chi connectivity index (χ1v) is 14.6. The largest absolute Gasteiger partial charge is 0.354 e. The van der Waals surface area contributed by atoms with E-state index in [1.165, 1.54) is 0 Å². The Morgan fingerprint density at radius 2 is 1.79 bits per heavy atom. The Morgan fingerprint density at radius 3 is 2.49 bits per heavy atom. The highest BCUT2D eigenvalue weighted by molar-refractivity contribution is 6.04. The van der Waals surface area contributed by atoms with Crippen LogP contribution in [0.25, 0.3) is 21.8 Å².